The van der Waals surface area contributed by atoms with Gasteiger partial charge in [-0.15, -0.1) is 5.10 Å². The van der Waals surface area contributed by atoms with Crippen LogP contribution < -0.4 is 5.32 Å². The molecule has 0 saturated carbocycles. The first kappa shape index (κ1) is 11.1. The second-order valence-electron chi connectivity index (χ2n) is 3.86. The third kappa shape index (κ3) is 1.92. The Kier molecular flexibility index (Phi) is 3.19. The average molecular weight is 223 g/mol. The van der Waals surface area contributed by atoms with E-state index < -0.39 is 0 Å². The lowest BCUT2D eigenvalue weighted by Gasteiger charge is -2.36. The van der Waals surface area contributed by atoms with Crippen LogP contribution in [0.3, 0.4) is 0 Å². The Labute approximate surface area is 94.4 Å². The van der Waals surface area contributed by atoms with Crippen LogP contribution >= 0.6 is 0 Å². The number of rotatable bonds is 4. The molecule has 0 unspecified atom stereocenters. The lowest BCUT2D eigenvalue weighted by molar-refractivity contribution is 0.0618. The van der Waals surface area contributed by atoms with Crippen LogP contribution in [-0.2, 0) is 6.42 Å². The van der Waals surface area contributed by atoms with Crippen LogP contribution in [-0.4, -0.2) is 51.7 Å². The fourth-order valence-corrected chi connectivity index (χ4v) is 1.74. The van der Waals surface area contributed by atoms with Crippen LogP contribution in [0.1, 0.15) is 30.3 Å². The van der Waals surface area contributed by atoms with Gasteiger partial charge in [0.15, 0.2) is 0 Å². The van der Waals surface area contributed by atoms with Crippen molar-refractivity contribution in [3.05, 3.63) is 11.6 Å². The molecule has 1 aromatic rings. The fraction of sp³-hybridized carbons (Fsp3) is 0.700. The molecule has 0 atom stereocenters. The molecule has 1 amide bonds. The van der Waals surface area contributed by atoms with Gasteiger partial charge in [-0.1, -0.05) is 6.92 Å². The molecule has 0 bridgehead atoms. The summed E-state index contributed by atoms with van der Waals surface area (Å²) in [5.41, 5.74) is 0. The van der Waals surface area contributed by atoms with Gasteiger partial charge in [0.05, 0.1) is 6.04 Å². The van der Waals surface area contributed by atoms with E-state index in [4.69, 9.17) is 0 Å². The predicted octanol–water partition coefficient (Wildman–Crippen LogP) is -0.199. The zero-order valence-electron chi connectivity index (χ0n) is 9.66. The highest BCUT2D eigenvalue weighted by Crippen LogP contribution is 2.08. The second-order valence-corrected chi connectivity index (χ2v) is 3.86. The quantitative estimate of drug-likeness (QED) is 0.741. The first-order chi connectivity index (χ1) is 7.76. The molecule has 0 radical (unpaired) electrons. The van der Waals surface area contributed by atoms with Gasteiger partial charge in [0.25, 0.3) is 5.91 Å². The van der Waals surface area contributed by atoms with Gasteiger partial charge in [-0.05, 0) is 6.92 Å². The Morgan fingerprint density at radius 3 is 2.69 bits per heavy atom. The molecule has 2 N–H and O–H groups in total. The third-order valence-corrected chi connectivity index (χ3v) is 2.86. The molecule has 0 aliphatic carbocycles. The van der Waals surface area contributed by atoms with Gasteiger partial charge in [0.2, 0.25) is 5.82 Å². The van der Waals surface area contributed by atoms with E-state index in [1.54, 1.807) is 0 Å². The molecule has 0 spiro atoms. The van der Waals surface area contributed by atoms with E-state index >= 15 is 0 Å². The molecule has 2 rings (SSSR count). The van der Waals surface area contributed by atoms with E-state index in [1.165, 1.54) is 0 Å². The maximum Gasteiger partial charge on any atom is 0.293 e. The minimum Gasteiger partial charge on any atom is -0.331 e. The topological polar surface area (TPSA) is 73.9 Å². The number of carbonyl (C=O) groups is 1. The van der Waals surface area contributed by atoms with Gasteiger partial charge in [0.1, 0.15) is 5.82 Å². The van der Waals surface area contributed by atoms with Crippen LogP contribution in [0.15, 0.2) is 0 Å². The SMILES string of the molecule is CCc1nc(C(=O)N(CC)C2CNC2)n[nH]1. The molecule has 0 aromatic carbocycles. The lowest BCUT2D eigenvalue weighted by atomic mass is 10.1. The smallest absolute Gasteiger partial charge is 0.293 e. The van der Waals surface area contributed by atoms with E-state index in [9.17, 15) is 4.79 Å². The summed E-state index contributed by atoms with van der Waals surface area (Å²) in [6, 6.07) is 0.293. The van der Waals surface area contributed by atoms with E-state index in [0.717, 1.165) is 25.3 Å². The Balaban J connectivity index is 2.09. The molecule has 6 nitrogen and oxygen atoms in total. The minimum absolute atomic E-state index is 0.0787. The van der Waals surface area contributed by atoms with Crippen molar-refractivity contribution in [2.24, 2.45) is 0 Å². The molecular weight excluding hydrogens is 206 g/mol. The summed E-state index contributed by atoms with van der Waals surface area (Å²) in [6.07, 6.45) is 0.761. The summed E-state index contributed by atoms with van der Waals surface area (Å²) in [6.45, 7) is 6.38. The third-order valence-electron chi connectivity index (χ3n) is 2.86. The van der Waals surface area contributed by atoms with Crippen LogP contribution in [0.2, 0.25) is 0 Å². The van der Waals surface area contributed by atoms with Crippen molar-refractivity contribution in [1.29, 1.82) is 0 Å². The maximum atomic E-state index is 12.1. The Morgan fingerprint density at radius 2 is 2.25 bits per heavy atom. The van der Waals surface area contributed by atoms with Gasteiger partial charge in [-0.3, -0.25) is 9.89 Å². The first-order valence-corrected chi connectivity index (χ1v) is 5.69. The van der Waals surface area contributed by atoms with E-state index in [-0.39, 0.29) is 11.7 Å². The average Bonchev–Trinajstić information content (AvgIpc) is 2.70. The zero-order chi connectivity index (χ0) is 11.5. The molecule has 2 heterocycles. The molecule has 6 heteroatoms. The number of likely N-dealkylation sites (N-methyl/N-ethyl adjacent to an activating group) is 1. The minimum atomic E-state index is -0.0787. The Morgan fingerprint density at radius 1 is 1.50 bits per heavy atom. The number of aromatic amines is 1. The standard InChI is InChI=1S/C10H17N5O/c1-3-8-12-9(14-13-8)10(16)15(4-2)7-5-11-6-7/h7,11H,3-6H2,1-2H3,(H,12,13,14). The summed E-state index contributed by atoms with van der Waals surface area (Å²) in [4.78, 5) is 18.1. The van der Waals surface area contributed by atoms with Crippen molar-refractivity contribution in [2.45, 2.75) is 26.3 Å². The largest absolute Gasteiger partial charge is 0.331 e. The molecular formula is C10H17N5O. The normalized spacial score (nSPS) is 15.9. The predicted molar refractivity (Wildman–Crippen MR) is 59.1 cm³/mol. The summed E-state index contributed by atoms with van der Waals surface area (Å²) in [5, 5.41) is 9.87. The number of nitrogens with one attached hydrogen (secondary N) is 2. The van der Waals surface area contributed by atoms with Crippen LogP contribution in [0.5, 0.6) is 0 Å². The van der Waals surface area contributed by atoms with E-state index in [0.29, 0.717) is 12.6 Å². The lowest BCUT2D eigenvalue weighted by Crippen LogP contribution is -2.58. The molecule has 88 valence electrons. The summed E-state index contributed by atoms with van der Waals surface area (Å²) in [5.74, 6) is 0.960. The van der Waals surface area contributed by atoms with Crippen LogP contribution in [0, 0.1) is 0 Å². The van der Waals surface area contributed by atoms with Gasteiger partial charge in [-0.25, -0.2) is 4.98 Å². The number of aromatic nitrogens is 3. The van der Waals surface area contributed by atoms with Crippen LogP contribution in [0.4, 0.5) is 0 Å². The Bertz CT molecular complexity index is 371. The van der Waals surface area contributed by atoms with Crippen molar-refractivity contribution >= 4 is 5.91 Å². The van der Waals surface area contributed by atoms with Gasteiger partial charge < -0.3 is 10.2 Å². The highest BCUT2D eigenvalue weighted by molar-refractivity contribution is 5.90. The molecule has 1 fully saturated rings. The number of amides is 1. The van der Waals surface area contributed by atoms with Crippen molar-refractivity contribution in [3.63, 3.8) is 0 Å². The molecule has 1 saturated heterocycles. The molecule has 1 aliphatic rings. The summed E-state index contributed by atoms with van der Waals surface area (Å²) in [7, 11) is 0. The van der Waals surface area contributed by atoms with Gasteiger partial charge in [-0.2, -0.15) is 0 Å². The van der Waals surface area contributed by atoms with E-state index in [2.05, 4.69) is 20.5 Å². The van der Waals surface area contributed by atoms with Crippen molar-refractivity contribution in [3.8, 4) is 0 Å². The molecule has 1 aromatic heterocycles. The maximum absolute atomic E-state index is 12.1. The van der Waals surface area contributed by atoms with Crippen LogP contribution in [0.25, 0.3) is 0 Å². The monoisotopic (exact) mass is 223 g/mol. The first-order valence-electron chi connectivity index (χ1n) is 5.69. The highest BCUT2D eigenvalue weighted by atomic mass is 16.2. The summed E-state index contributed by atoms with van der Waals surface area (Å²) >= 11 is 0. The van der Waals surface area contributed by atoms with Gasteiger partial charge in [0, 0.05) is 26.1 Å². The highest BCUT2D eigenvalue weighted by Gasteiger charge is 2.29. The molecule has 1 aliphatic heterocycles. The number of carbonyl (C=O) groups excluding carboxylic acids is 1. The van der Waals surface area contributed by atoms with E-state index in [1.807, 2.05) is 18.7 Å². The van der Waals surface area contributed by atoms with Gasteiger partial charge >= 0.3 is 0 Å². The number of hydrogen-bond acceptors (Lipinski definition) is 4. The summed E-state index contributed by atoms with van der Waals surface area (Å²) < 4.78 is 0. The Hall–Kier alpha value is -1.43. The van der Waals surface area contributed by atoms with Crippen molar-refractivity contribution in [1.82, 2.24) is 25.4 Å². The number of hydrogen-bond donors (Lipinski definition) is 2. The zero-order valence-corrected chi connectivity index (χ0v) is 9.66. The molecule has 16 heavy (non-hydrogen) atoms. The van der Waals surface area contributed by atoms with Crippen molar-refractivity contribution < 1.29 is 4.79 Å². The number of H-pyrrole nitrogens is 1. The number of aryl methyl sites for hydroxylation is 1. The van der Waals surface area contributed by atoms with Crippen molar-refractivity contribution in [2.75, 3.05) is 19.6 Å². The number of nitrogens with zero attached hydrogens (tertiary/aromatic N) is 3. The fourth-order valence-electron chi connectivity index (χ4n) is 1.74. The second kappa shape index (κ2) is 4.61.